The highest BCUT2D eigenvalue weighted by Crippen LogP contribution is 2.36. The highest BCUT2D eigenvalue weighted by molar-refractivity contribution is 6.35. The van der Waals surface area contributed by atoms with Gasteiger partial charge in [-0.05, 0) is 17.7 Å². The summed E-state index contributed by atoms with van der Waals surface area (Å²) in [6, 6.07) is 14.3. The standard InChI is InChI=1S/C24H19ClN8O2/c25-18-7-16(30-24(19-10-29-33-32-19)21-12-35-13-28-21)6-17-22(15(8-26)9-27-23(17)18)31-20(11-34)14-4-2-1-3-5-14/h1-7,9-10,12-13,20,24,30,34H,11H2,(H,27,31)(H,29,32,33). The number of aliphatic hydroxyl groups excluding tert-OH is 1. The summed E-state index contributed by atoms with van der Waals surface area (Å²) in [5.74, 6) is 0. The Kier molecular flexibility index (Phi) is 6.26. The molecule has 4 N–H and O–H groups in total. The maximum atomic E-state index is 10.1. The molecule has 10 nitrogen and oxygen atoms in total. The summed E-state index contributed by atoms with van der Waals surface area (Å²) in [6.45, 7) is -0.176. The molecule has 2 atom stereocenters. The first-order chi connectivity index (χ1) is 17.2. The molecule has 0 saturated carbocycles. The second kappa shape index (κ2) is 9.80. The Morgan fingerprint density at radius 1 is 1.11 bits per heavy atom. The van der Waals surface area contributed by atoms with Gasteiger partial charge in [-0.1, -0.05) is 41.9 Å². The first kappa shape index (κ1) is 22.3. The topological polar surface area (TPSA) is 149 Å². The van der Waals surface area contributed by atoms with Crippen molar-refractivity contribution in [3.63, 3.8) is 0 Å². The number of aromatic amines is 1. The van der Waals surface area contributed by atoms with Crippen LogP contribution in [-0.2, 0) is 0 Å². The van der Waals surface area contributed by atoms with Crippen LogP contribution in [0, 0.1) is 11.3 Å². The van der Waals surface area contributed by atoms with Gasteiger partial charge in [-0.3, -0.25) is 4.98 Å². The van der Waals surface area contributed by atoms with Gasteiger partial charge < -0.3 is 20.2 Å². The number of fused-ring (bicyclic) bond motifs is 1. The zero-order valence-corrected chi connectivity index (χ0v) is 18.9. The van der Waals surface area contributed by atoms with Crippen molar-refractivity contribution >= 4 is 33.9 Å². The average Bonchev–Trinajstić information content (AvgIpc) is 3.61. The summed E-state index contributed by atoms with van der Waals surface area (Å²) in [5.41, 5.74) is 4.07. The molecular formula is C24H19ClN8O2. The average molecular weight is 487 g/mol. The second-order valence-electron chi connectivity index (χ2n) is 7.69. The van der Waals surface area contributed by atoms with Gasteiger partial charge in [0.2, 0.25) is 0 Å². The highest BCUT2D eigenvalue weighted by Gasteiger charge is 2.22. The number of aliphatic hydroxyl groups is 1. The number of H-pyrrole nitrogens is 1. The Hall–Kier alpha value is -4.46. The van der Waals surface area contributed by atoms with Crippen molar-refractivity contribution in [2.75, 3.05) is 17.2 Å². The van der Waals surface area contributed by atoms with Crippen LogP contribution in [0.1, 0.15) is 34.6 Å². The fraction of sp³-hybridized carbons (Fsp3) is 0.125. The maximum Gasteiger partial charge on any atom is 0.180 e. The van der Waals surface area contributed by atoms with Crippen LogP contribution in [0.3, 0.4) is 0 Å². The molecule has 3 aromatic heterocycles. The Morgan fingerprint density at radius 3 is 2.66 bits per heavy atom. The number of nitrogens with zero attached hydrogens (tertiary/aromatic N) is 5. The Bertz CT molecular complexity index is 1430. The van der Waals surface area contributed by atoms with E-state index in [2.05, 4.69) is 42.1 Å². The number of anilines is 2. The minimum atomic E-state index is -0.473. The lowest BCUT2D eigenvalue weighted by Crippen LogP contribution is -2.16. The lowest BCUT2D eigenvalue weighted by molar-refractivity contribution is 0.276. The molecule has 0 bridgehead atoms. The predicted molar refractivity (Wildman–Crippen MR) is 130 cm³/mol. The molecule has 0 radical (unpaired) electrons. The van der Waals surface area contributed by atoms with Crippen LogP contribution < -0.4 is 10.6 Å². The number of oxazole rings is 1. The fourth-order valence-corrected chi connectivity index (χ4v) is 4.13. The second-order valence-corrected chi connectivity index (χ2v) is 8.10. The zero-order chi connectivity index (χ0) is 24.2. The van der Waals surface area contributed by atoms with Crippen LogP contribution in [0.4, 0.5) is 11.4 Å². The molecule has 0 saturated heterocycles. The number of aromatic nitrogens is 5. The van der Waals surface area contributed by atoms with E-state index in [0.29, 0.717) is 44.3 Å². The number of pyridine rings is 1. The summed E-state index contributed by atoms with van der Waals surface area (Å²) < 4.78 is 5.16. The molecule has 0 aliphatic rings. The van der Waals surface area contributed by atoms with Crippen molar-refractivity contribution in [3.05, 3.63) is 95.1 Å². The Labute approximate surface area is 204 Å². The molecular weight excluding hydrogens is 468 g/mol. The van der Waals surface area contributed by atoms with E-state index in [0.717, 1.165) is 5.56 Å². The number of benzene rings is 2. The number of halogens is 1. The molecule has 174 valence electrons. The minimum absolute atomic E-state index is 0.176. The quantitative estimate of drug-likeness (QED) is 0.253. The third-order valence-corrected chi connectivity index (χ3v) is 5.82. The summed E-state index contributed by atoms with van der Waals surface area (Å²) in [6.07, 6.45) is 5.91. The number of nitriles is 1. The molecule has 2 aromatic carbocycles. The first-order valence-electron chi connectivity index (χ1n) is 10.6. The van der Waals surface area contributed by atoms with E-state index in [-0.39, 0.29) is 6.61 Å². The normalized spacial score (nSPS) is 12.7. The van der Waals surface area contributed by atoms with E-state index in [9.17, 15) is 10.4 Å². The van der Waals surface area contributed by atoms with Crippen LogP contribution in [0.5, 0.6) is 0 Å². The van der Waals surface area contributed by atoms with Crippen molar-refractivity contribution in [3.8, 4) is 6.07 Å². The molecule has 35 heavy (non-hydrogen) atoms. The van der Waals surface area contributed by atoms with Crippen LogP contribution in [0.25, 0.3) is 10.9 Å². The van der Waals surface area contributed by atoms with E-state index in [1.54, 1.807) is 12.3 Å². The fourth-order valence-electron chi connectivity index (χ4n) is 3.86. The Balaban J connectivity index is 1.59. The van der Waals surface area contributed by atoms with Gasteiger partial charge in [-0.2, -0.15) is 20.7 Å². The van der Waals surface area contributed by atoms with E-state index < -0.39 is 12.1 Å². The van der Waals surface area contributed by atoms with Crippen LogP contribution in [0.2, 0.25) is 5.02 Å². The van der Waals surface area contributed by atoms with Gasteiger partial charge in [0.25, 0.3) is 0 Å². The van der Waals surface area contributed by atoms with Gasteiger partial charge >= 0.3 is 0 Å². The van der Waals surface area contributed by atoms with Gasteiger partial charge in [-0.15, -0.1) is 0 Å². The number of rotatable bonds is 8. The van der Waals surface area contributed by atoms with Crippen LogP contribution >= 0.6 is 11.6 Å². The lowest BCUT2D eigenvalue weighted by Gasteiger charge is -2.21. The summed E-state index contributed by atoms with van der Waals surface area (Å²) in [4.78, 5) is 8.64. The van der Waals surface area contributed by atoms with Crippen LogP contribution in [0.15, 0.2) is 71.9 Å². The molecule has 5 aromatic rings. The van der Waals surface area contributed by atoms with Gasteiger partial charge in [0.15, 0.2) is 6.39 Å². The molecule has 0 aliphatic carbocycles. The summed E-state index contributed by atoms with van der Waals surface area (Å²) in [7, 11) is 0. The minimum Gasteiger partial charge on any atom is -0.451 e. The lowest BCUT2D eigenvalue weighted by atomic mass is 10.0. The summed E-state index contributed by atoms with van der Waals surface area (Å²) in [5, 5.41) is 38.2. The van der Waals surface area contributed by atoms with Crippen molar-refractivity contribution in [1.29, 1.82) is 5.26 Å². The van der Waals surface area contributed by atoms with Gasteiger partial charge in [0.1, 0.15) is 29.8 Å². The number of hydrogen-bond acceptors (Lipinski definition) is 9. The number of nitrogens with one attached hydrogen (secondary N) is 3. The van der Waals surface area contributed by atoms with Crippen LogP contribution in [-0.4, -0.2) is 37.1 Å². The molecule has 0 aliphatic heterocycles. The number of hydrogen-bond donors (Lipinski definition) is 4. The zero-order valence-electron chi connectivity index (χ0n) is 18.2. The van der Waals surface area contributed by atoms with E-state index in [4.69, 9.17) is 16.0 Å². The van der Waals surface area contributed by atoms with Gasteiger partial charge in [0.05, 0.1) is 40.6 Å². The van der Waals surface area contributed by atoms with E-state index >= 15 is 0 Å². The molecule has 5 rings (SSSR count). The molecule has 3 heterocycles. The molecule has 11 heteroatoms. The predicted octanol–water partition coefficient (Wildman–Crippen LogP) is 4.21. The largest absolute Gasteiger partial charge is 0.451 e. The first-order valence-corrected chi connectivity index (χ1v) is 11.0. The molecule has 0 fully saturated rings. The van der Waals surface area contributed by atoms with E-state index in [1.807, 2.05) is 36.4 Å². The smallest absolute Gasteiger partial charge is 0.180 e. The third kappa shape index (κ3) is 4.50. The third-order valence-electron chi connectivity index (χ3n) is 5.54. The summed E-state index contributed by atoms with van der Waals surface area (Å²) >= 11 is 6.62. The van der Waals surface area contributed by atoms with Gasteiger partial charge in [0, 0.05) is 17.3 Å². The van der Waals surface area contributed by atoms with Gasteiger partial charge in [-0.25, -0.2) is 4.98 Å². The van der Waals surface area contributed by atoms with Crippen molar-refractivity contribution in [2.24, 2.45) is 0 Å². The van der Waals surface area contributed by atoms with Crippen molar-refractivity contribution < 1.29 is 9.52 Å². The maximum absolute atomic E-state index is 10.1. The molecule has 2 unspecified atom stereocenters. The molecule has 0 amide bonds. The monoisotopic (exact) mass is 486 g/mol. The highest BCUT2D eigenvalue weighted by atomic mass is 35.5. The SMILES string of the molecule is N#Cc1cnc2c(Cl)cc(NC(c3cocn3)c3cn[nH]n3)cc2c1NC(CO)c1ccccc1. The van der Waals surface area contributed by atoms with E-state index in [1.165, 1.54) is 18.9 Å². The molecule has 0 spiro atoms. The Morgan fingerprint density at radius 2 is 1.97 bits per heavy atom. The van der Waals surface area contributed by atoms with Crippen molar-refractivity contribution in [1.82, 2.24) is 25.4 Å². The van der Waals surface area contributed by atoms with Crippen molar-refractivity contribution in [2.45, 2.75) is 12.1 Å².